The lowest BCUT2D eigenvalue weighted by Crippen LogP contribution is -2.36. The van der Waals surface area contributed by atoms with E-state index >= 15 is 0 Å². The molecule has 0 aliphatic carbocycles. The molecule has 0 bridgehead atoms. The molecule has 1 fully saturated rings. The quantitative estimate of drug-likeness (QED) is 0.897. The SMILES string of the molecule is O=C(NCc1ccnc(N2CCOCC2)c1)Nc1ccccn1. The van der Waals surface area contributed by atoms with Gasteiger partial charge in [-0.25, -0.2) is 14.8 Å². The lowest BCUT2D eigenvalue weighted by atomic mass is 10.2. The largest absolute Gasteiger partial charge is 0.378 e. The van der Waals surface area contributed by atoms with E-state index in [4.69, 9.17) is 4.74 Å². The second-order valence-corrected chi connectivity index (χ2v) is 5.14. The van der Waals surface area contributed by atoms with Crippen LogP contribution in [-0.4, -0.2) is 42.3 Å². The van der Waals surface area contributed by atoms with Crippen molar-refractivity contribution in [2.24, 2.45) is 0 Å². The number of rotatable bonds is 4. The maximum absolute atomic E-state index is 11.9. The highest BCUT2D eigenvalue weighted by atomic mass is 16.5. The number of amides is 2. The number of morpholine rings is 1. The molecule has 7 nitrogen and oxygen atoms in total. The molecular weight excluding hydrogens is 294 g/mol. The van der Waals surface area contributed by atoms with Crippen LogP contribution in [0.25, 0.3) is 0 Å². The minimum atomic E-state index is -0.284. The summed E-state index contributed by atoms with van der Waals surface area (Å²) in [6.07, 6.45) is 3.39. The van der Waals surface area contributed by atoms with E-state index in [0.717, 1.165) is 37.7 Å². The summed E-state index contributed by atoms with van der Waals surface area (Å²) in [5.74, 6) is 1.44. The van der Waals surface area contributed by atoms with E-state index in [1.807, 2.05) is 18.2 Å². The van der Waals surface area contributed by atoms with Gasteiger partial charge in [-0.05, 0) is 29.8 Å². The van der Waals surface area contributed by atoms with Crippen LogP contribution in [0.5, 0.6) is 0 Å². The summed E-state index contributed by atoms with van der Waals surface area (Å²) < 4.78 is 5.35. The highest BCUT2D eigenvalue weighted by molar-refractivity contribution is 5.88. The third-order valence-electron chi connectivity index (χ3n) is 3.50. The van der Waals surface area contributed by atoms with Gasteiger partial charge in [0.05, 0.1) is 13.2 Å². The highest BCUT2D eigenvalue weighted by Crippen LogP contribution is 2.14. The average Bonchev–Trinajstić information content (AvgIpc) is 2.62. The minimum Gasteiger partial charge on any atom is -0.378 e. The Bertz CT molecular complexity index is 644. The monoisotopic (exact) mass is 313 g/mol. The zero-order valence-electron chi connectivity index (χ0n) is 12.7. The number of carbonyl (C=O) groups excluding carboxylic acids is 1. The van der Waals surface area contributed by atoms with Crippen molar-refractivity contribution in [1.29, 1.82) is 0 Å². The topological polar surface area (TPSA) is 79.4 Å². The van der Waals surface area contributed by atoms with Gasteiger partial charge in [0.25, 0.3) is 0 Å². The molecule has 120 valence electrons. The Morgan fingerprint density at radius 3 is 2.83 bits per heavy atom. The van der Waals surface area contributed by atoms with Crippen LogP contribution in [-0.2, 0) is 11.3 Å². The van der Waals surface area contributed by atoms with Gasteiger partial charge in [-0.15, -0.1) is 0 Å². The Balaban J connectivity index is 1.54. The van der Waals surface area contributed by atoms with Gasteiger partial charge in [0.15, 0.2) is 0 Å². The number of aromatic nitrogens is 2. The Morgan fingerprint density at radius 2 is 2.04 bits per heavy atom. The van der Waals surface area contributed by atoms with Crippen LogP contribution in [0.3, 0.4) is 0 Å². The van der Waals surface area contributed by atoms with Crippen LogP contribution < -0.4 is 15.5 Å². The molecule has 0 spiro atoms. The molecule has 2 aromatic heterocycles. The van der Waals surface area contributed by atoms with Crippen LogP contribution >= 0.6 is 0 Å². The summed E-state index contributed by atoms with van der Waals surface area (Å²) in [7, 11) is 0. The van der Waals surface area contributed by atoms with E-state index in [1.165, 1.54) is 0 Å². The van der Waals surface area contributed by atoms with Crippen molar-refractivity contribution in [3.63, 3.8) is 0 Å². The number of urea groups is 1. The van der Waals surface area contributed by atoms with Gasteiger partial charge < -0.3 is 15.0 Å². The molecule has 0 aromatic carbocycles. The number of nitrogens with zero attached hydrogens (tertiary/aromatic N) is 3. The standard InChI is InChI=1S/C16H19N5O2/c22-16(20-14-3-1-2-5-17-14)19-12-13-4-6-18-15(11-13)21-7-9-23-10-8-21/h1-6,11H,7-10,12H2,(H2,17,19,20,22). The molecule has 1 aliphatic rings. The number of nitrogens with one attached hydrogen (secondary N) is 2. The number of hydrogen-bond acceptors (Lipinski definition) is 5. The molecule has 3 rings (SSSR count). The van der Waals surface area contributed by atoms with Crippen molar-refractivity contribution in [2.75, 3.05) is 36.5 Å². The van der Waals surface area contributed by atoms with E-state index in [0.29, 0.717) is 12.4 Å². The van der Waals surface area contributed by atoms with Gasteiger partial charge in [-0.3, -0.25) is 5.32 Å². The first-order valence-electron chi connectivity index (χ1n) is 7.55. The molecule has 0 radical (unpaired) electrons. The Hall–Kier alpha value is -2.67. The first-order valence-corrected chi connectivity index (χ1v) is 7.55. The summed E-state index contributed by atoms with van der Waals surface area (Å²) in [5, 5.41) is 5.50. The molecule has 0 atom stereocenters. The molecule has 1 aliphatic heterocycles. The van der Waals surface area contributed by atoms with Gasteiger partial charge in [0, 0.05) is 32.0 Å². The zero-order chi connectivity index (χ0) is 15.9. The van der Waals surface area contributed by atoms with Crippen LogP contribution in [0.4, 0.5) is 16.4 Å². The molecular formula is C16H19N5O2. The van der Waals surface area contributed by atoms with Gasteiger partial charge in [0.2, 0.25) is 0 Å². The zero-order valence-corrected chi connectivity index (χ0v) is 12.7. The summed E-state index contributed by atoms with van der Waals surface area (Å²) in [6, 6.07) is 8.96. The van der Waals surface area contributed by atoms with Crippen molar-refractivity contribution in [1.82, 2.24) is 15.3 Å². The first kappa shape index (κ1) is 15.2. The maximum Gasteiger partial charge on any atom is 0.320 e. The fourth-order valence-corrected chi connectivity index (χ4v) is 2.32. The van der Waals surface area contributed by atoms with Crippen molar-refractivity contribution in [3.8, 4) is 0 Å². The predicted molar refractivity (Wildman–Crippen MR) is 87.4 cm³/mol. The third kappa shape index (κ3) is 4.40. The van der Waals surface area contributed by atoms with E-state index in [2.05, 4.69) is 25.5 Å². The molecule has 2 N–H and O–H groups in total. The molecule has 7 heteroatoms. The van der Waals surface area contributed by atoms with Crippen LogP contribution in [0.1, 0.15) is 5.56 Å². The number of ether oxygens (including phenoxy) is 1. The average molecular weight is 313 g/mol. The maximum atomic E-state index is 11.9. The van der Waals surface area contributed by atoms with Crippen LogP contribution in [0.2, 0.25) is 0 Å². The summed E-state index contributed by atoms with van der Waals surface area (Å²) in [4.78, 5) is 22.5. The molecule has 0 unspecified atom stereocenters. The van der Waals surface area contributed by atoms with E-state index in [1.54, 1.807) is 24.5 Å². The molecule has 1 saturated heterocycles. The number of hydrogen-bond donors (Lipinski definition) is 2. The van der Waals surface area contributed by atoms with Crippen LogP contribution in [0, 0.1) is 0 Å². The van der Waals surface area contributed by atoms with Crippen molar-refractivity contribution in [3.05, 3.63) is 48.3 Å². The number of anilines is 2. The summed E-state index contributed by atoms with van der Waals surface area (Å²) >= 11 is 0. The third-order valence-corrected chi connectivity index (χ3v) is 3.50. The van der Waals surface area contributed by atoms with E-state index in [-0.39, 0.29) is 6.03 Å². The lowest BCUT2D eigenvalue weighted by molar-refractivity contribution is 0.122. The summed E-state index contributed by atoms with van der Waals surface area (Å²) in [5.41, 5.74) is 0.998. The van der Waals surface area contributed by atoms with Crippen LogP contribution in [0.15, 0.2) is 42.7 Å². The predicted octanol–water partition coefficient (Wildman–Crippen LogP) is 1.63. The normalized spacial score (nSPS) is 14.3. The fourth-order valence-electron chi connectivity index (χ4n) is 2.32. The lowest BCUT2D eigenvalue weighted by Gasteiger charge is -2.28. The van der Waals surface area contributed by atoms with Gasteiger partial charge in [0.1, 0.15) is 11.6 Å². The molecule has 0 saturated carbocycles. The van der Waals surface area contributed by atoms with Gasteiger partial charge in [-0.2, -0.15) is 0 Å². The summed E-state index contributed by atoms with van der Waals surface area (Å²) in [6.45, 7) is 3.54. The fraction of sp³-hybridized carbons (Fsp3) is 0.312. The molecule has 3 heterocycles. The second kappa shape index (κ2) is 7.55. The molecule has 2 aromatic rings. The van der Waals surface area contributed by atoms with Gasteiger partial charge in [-0.1, -0.05) is 6.07 Å². The Kier molecular flexibility index (Phi) is 5.00. The number of pyridine rings is 2. The highest BCUT2D eigenvalue weighted by Gasteiger charge is 2.12. The first-order chi connectivity index (χ1) is 11.3. The molecule has 2 amide bonds. The van der Waals surface area contributed by atoms with Crippen molar-refractivity contribution < 1.29 is 9.53 Å². The smallest absolute Gasteiger partial charge is 0.320 e. The van der Waals surface area contributed by atoms with Crippen molar-refractivity contribution >= 4 is 17.7 Å². The number of carbonyl (C=O) groups is 1. The Labute approximate surface area is 134 Å². The van der Waals surface area contributed by atoms with Crippen molar-refractivity contribution in [2.45, 2.75) is 6.54 Å². The van der Waals surface area contributed by atoms with E-state index in [9.17, 15) is 4.79 Å². The molecule has 23 heavy (non-hydrogen) atoms. The van der Waals surface area contributed by atoms with E-state index < -0.39 is 0 Å². The Morgan fingerprint density at radius 1 is 1.17 bits per heavy atom. The van der Waals surface area contributed by atoms with Gasteiger partial charge >= 0.3 is 6.03 Å². The minimum absolute atomic E-state index is 0.284. The second-order valence-electron chi connectivity index (χ2n) is 5.14.